The van der Waals surface area contributed by atoms with E-state index in [1.165, 1.54) is 19.1 Å². The molecule has 0 radical (unpaired) electrons. The van der Waals surface area contributed by atoms with Gasteiger partial charge in [-0.3, -0.25) is 24.0 Å². The van der Waals surface area contributed by atoms with Crippen LogP contribution in [0.1, 0.15) is 91.0 Å². The van der Waals surface area contributed by atoms with Gasteiger partial charge in [-0.05, 0) is 95.5 Å². The summed E-state index contributed by atoms with van der Waals surface area (Å²) in [6.07, 6.45) is 7.03. The van der Waals surface area contributed by atoms with Gasteiger partial charge in [0.15, 0.2) is 0 Å². The number of hydrogen-bond acceptors (Lipinski definition) is 10. The van der Waals surface area contributed by atoms with Crippen LogP contribution in [0.15, 0.2) is 36.4 Å². The number of allylic oxidation sites excluding steroid dienone is 1. The van der Waals surface area contributed by atoms with E-state index < -0.39 is 71.8 Å². The van der Waals surface area contributed by atoms with E-state index >= 15 is 0 Å². The highest BCUT2D eigenvalue weighted by atomic mass is 16.4. The van der Waals surface area contributed by atoms with E-state index in [1.54, 1.807) is 31.2 Å². The summed E-state index contributed by atoms with van der Waals surface area (Å²) in [6, 6.07) is -0.600. The van der Waals surface area contributed by atoms with Gasteiger partial charge in [0.1, 0.15) is 36.0 Å². The number of carbonyl (C=O) groups is 6. The minimum atomic E-state index is -1.25. The van der Waals surface area contributed by atoms with Gasteiger partial charge >= 0.3 is 5.97 Å². The molecule has 1 rings (SSSR count). The predicted octanol–water partition coefficient (Wildman–Crippen LogP) is 0.451. The SMILES string of the molecule is C/C=C/C[C@H](NC(=O)[C@H](CCCCCN)NC(=O)[C@H](CCCCN)NC(=O)[C@H](C)N)C(=O)N[C@@H](Cc1ccc(O)cc1)C(=O)N[C@@H](CC(C)C)C(=O)O. The van der Waals surface area contributed by atoms with Crippen molar-refractivity contribution in [2.45, 2.75) is 128 Å². The quantitative estimate of drug-likeness (QED) is 0.0459. The molecule has 5 amide bonds. The molecule has 0 aliphatic heterocycles. The van der Waals surface area contributed by atoms with Gasteiger partial charge in [-0.2, -0.15) is 0 Å². The summed E-state index contributed by atoms with van der Waals surface area (Å²) in [7, 11) is 0. The van der Waals surface area contributed by atoms with Gasteiger partial charge in [-0.1, -0.05) is 51.0 Å². The maximum absolute atomic E-state index is 13.9. The molecule has 0 saturated heterocycles. The van der Waals surface area contributed by atoms with Crippen LogP contribution in [0.25, 0.3) is 0 Å². The number of aromatic hydroxyl groups is 1. The number of carboxylic acid groups (broad SMARTS) is 1. The highest BCUT2D eigenvalue weighted by Gasteiger charge is 2.32. The standard InChI is InChI=1S/C37H62N8O8/c1-5-6-12-27(35(50)44-30(22-25-15-17-26(46)18-16-25)36(51)45-31(37(52)53)21-23(2)3)42-34(49)29(13-8-7-10-19-38)43-33(48)28(14-9-11-20-39)41-32(47)24(4)40/h5-6,15-18,23-24,27-31,46H,7-14,19-22,38-40H2,1-4H3,(H,41,47)(H,42,49)(H,43,48)(H,44,50)(H,45,51)(H,52,53)/b6-5+/t24-,27-,28-,29-,30-,31-/m0/s1. The molecule has 13 N–H and O–H groups in total. The number of rotatable bonds is 26. The monoisotopic (exact) mass is 746 g/mol. The topological polar surface area (TPSA) is 281 Å². The Morgan fingerprint density at radius 3 is 1.62 bits per heavy atom. The zero-order valence-corrected chi connectivity index (χ0v) is 31.6. The average molecular weight is 747 g/mol. The Morgan fingerprint density at radius 2 is 1.11 bits per heavy atom. The molecule has 53 heavy (non-hydrogen) atoms. The van der Waals surface area contributed by atoms with Crippen LogP contribution in [-0.4, -0.2) is 95.1 Å². The van der Waals surface area contributed by atoms with Gasteiger partial charge in [-0.25, -0.2) is 4.79 Å². The van der Waals surface area contributed by atoms with Crippen molar-refractivity contribution in [2.24, 2.45) is 23.1 Å². The second-order valence-electron chi connectivity index (χ2n) is 13.7. The lowest BCUT2D eigenvalue weighted by atomic mass is 10.0. The second-order valence-corrected chi connectivity index (χ2v) is 13.7. The lowest BCUT2D eigenvalue weighted by Crippen LogP contribution is -2.59. The first-order valence-corrected chi connectivity index (χ1v) is 18.4. The number of aliphatic carboxylic acids is 1. The van der Waals surface area contributed by atoms with Crippen molar-refractivity contribution < 1.29 is 39.0 Å². The summed E-state index contributed by atoms with van der Waals surface area (Å²) in [6.45, 7) is 7.71. The van der Waals surface area contributed by atoms with Crippen molar-refractivity contribution >= 4 is 35.5 Å². The van der Waals surface area contributed by atoms with Crippen LogP contribution in [-0.2, 0) is 35.2 Å². The lowest BCUT2D eigenvalue weighted by molar-refractivity contribution is -0.142. The minimum Gasteiger partial charge on any atom is -0.508 e. The summed E-state index contributed by atoms with van der Waals surface area (Å²) in [5.74, 6) is -4.51. The third-order valence-electron chi connectivity index (χ3n) is 8.39. The van der Waals surface area contributed by atoms with E-state index in [0.717, 1.165) is 0 Å². The summed E-state index contributed by atoms with van der Waals surface area (Å²) in [4.78, 5) is 79.1. The molecule has 6 atom stereocenters. The number of nitrogens with one attached hydrogen (secondary N) is 5. The molecule has 0 saturated carbocycles. The fourth-order valence-electron chi connectivity index (χ4n) is 5.37. The molecule has 16 heteroatoms. The second kappa shape index (κ2) is 25.4. The van der Waals surface area contributed by atoms with Crippen molar-refractivity contribution in [1.82, 2.24) is 26.6 Å². The van der Waals surface area contributed by atoms with Crippen molar-refractivity contribution in [3.63, 3.8) is 0 Å². The predicted molar refractivity (Wildman–Crippen MR) is 202 cm³/mol. The molecule has 0 bridgehead atoms. The van der Waals surface area contributed by atoms with Gasteiger partial charge in [0, 0.05) is 6.42 Å². The number of nitrogens with two attached hydrogens (primary N) is 3. The molecule has 0 fully saturated rings. The fraction of sp³-hybridized carbons (Fsp3) is 0.622. The summed E-state index contributed by atoms with van der Waals surface area (Å²) >= 11 is 0. The van der Waals surface area contributed by atoms with Gasteiger partial charge in [0.2, 0.25) is 29.5 Å². The molecular weight excluding hydrogens is 684 g/mol. The zero-order valence-electron chi connectivity index (χ0n) is 31.6. The number of phenolic OH excluding ortho intramolecular Hbond substituents is 1. The van der Waals surface area contributed by atoms with Gasteiger partial charge in [0.25, 0.3) is 0 Å². The number of benzene rings is 1. The first-order valence-electron chi connectivity index (χ1n) is 18.4. The molecule has 298 valence electrons. The minimum absolute atomic E-state index is 0.00124. The molecule has 0 aliphatic carbocycles. The van der Waals surface area contributed by atoms with Gasteiger partial charge in [0.05, 0.1) is 6.04 Å². The van der Waals surface area contributed by atoms with Crippen LogP contribution in [0.4, 0.5) is 0 Å². The van der Waals surface area contributed by atoms with E-state index in [2.05, 4.69) is 26.6 Å². The van der Waals surface area contributed by atoms with E-state index in [-0.39, 0.29) is 43.8 Å². The Labute approximate surface area is 312 Å². The highest BCUT2D eigenvalue weighted by molar-refractivity contribution is 5.96. The molecule has 0 spiro atoms. The van der Waals surface area contributed by atoms with Crippen LogP contribution in [0, 0.1) is 5.92 Å². The maximum atomic E-state index is 13.9. The van der Waals surface area contributed by atoms with E-state index in [1.807, 2.05) is 13.8 Å². The summed E-state index contributed by atoms with van der Waals surface area (Å²) < 4.78 is 0. The number of hydrogen-bond donors (Lipinski definition) is 10. The largest absolute Gasteiger partial charge is 0.508 e. The molecule has 16 nitrogen and oxygen atoms in total. The van der Waals surface area contributed by atoms with Crippen LogP contribution in [0.5, 0.6) is 5.75 Å². The van der Waals surface area contributed by atoms with Gasteiger partial charge < -0.3 is 54.0 Å². The smallest absolute Gasteiger partial charge is 0.326 e. The third-order valence-corrected chi connectivity index (χ3v) is 8.39. The van der Waals surface area contributed by atoms with Crippen LogP contribution < -0.4 is 43.8 Å². The number of carbonyl (C=O) groups excluding carboxylic acids is 5. The van der Waals surface area contributed by atoms with Crippen LogP contribution in [0.2, 0.25) is 0 Å². The molecule has 0 unspecified atom stereocenters. The Balaban J connectivity index is 3.37. The number of unbranched alkanes of at least 4 members (excludes halogenated alkanes) is 3. The lowest BCUT2D eigenvalue weighted by Gasteiger charge is -2.27. The molecular formula is C37H62N8O8. The average Bonchev–Trinajstić information content (AvgIpc) is 3.10. The summed E-state index contributed by atoms with van der Waals surface area (Å²) in [5, 5.41) is 32.8. The van der Waals surface area contributed by atoms with Crippen molar-refractivity contribution in [3.8, 4) is 5.75 Å². The molecule has 0 aliphatic rings. The number of carboxylic acids is 1. The van der Waals surface area contributed by atoms with Crippen LogP contribution >= 0.6 is 0 Å². The first kappa shape index (κ1) is 46.5. The molecule has 1 aromatic carbocycles. The zero-order chi connectivity index (χ0) is 39.9. The Hall–Kier alpha value is -4.54. The van der Waals surface area contributed by atoms with E-state index in [9.17, 15) is 39.0 Å². The Morgan fingerprint density at radius 1 is 0.660 bits per heavy atom. The van der Waals surface area contributed by atoms with Crippen molar-refractivity contribution in [3.05, 3.63) is 42.0 Å². The molecule has 0 aromatic heterocycles. The van der Waals surface area contributed by atoms with E-state index in [0.29, 0.717) is 50.8 Å². The van der Waals surface area contributed by atoms with Crippen molar-refractivity contribution in [2.75, 3.05) is 13.1 Å². The Kier molecular flexibility index (Phi) is 22.3. The Bertz CT molecular complexity index is 1340. The van der Waals surface area contributed by atoms with Gasteiger partial charge in [-0.15, -0.1) is 0 Å². The first-order chi connectivity index (χ1) is 25.1. The maximum Gasteiger partial charge on any atom is 0.326 e. The van der Waals surface area contributed by atoms with Crippen molar-refractivity contribution in [1.29, 1.82) is 0 Å². The highest BCUT2D eigenvalue weighted by Crippen LogP contribution is 2.14. The third kappa shape index (κ3) is 18.7. The fourth-order valence-corrected chi connectivity index (χ4v) is 5.37. The number of amides is 5. The molecule has 1 aromatic rings. The summed E-state index contributed by atoms with van der Waals surface area (Å²) in [5.41, 5.74) is 17.6. The normalized spacial score (nSPS) is 14.7. The van der Waals surface area contributed by atoms with Crippen LogP contribution in [0.3, 0.4) is 0 Å². The van der Waals surface area contributed by atoms with E-state index in [4.69, 9.17) is 17.2 Å². The molecule has 0 heterocycles. The number of phenols is 1.